The molecule has 0 atom stereocenters. The molecule has 1 aliphatic rings. The molecule has 0 bridgehead atoms. The number of halogens is 2. The molecule has 32 heavy (non-hydrogen) atoms. The number of benzene rings is 2. The summed E-state index contributed by atoms with van der Waals surface area (Å²) in [7, 11) is 1.67. The Bertz CT molecular complexity index is 1180. The predicted molar refractivity (Wildman–Crippen MR) is 117 cm³/mol. The van der Waals surface area contributed by atoms with E-state index in [9.17, 15) is 18.4 Å². The van der Waals surface area contributed by atoms with Crippen molar-refractivity contribution in [2.45, 2.75) is 51.8 Å². The minimum absolute atomic E-state index is 0.0506. The maximum atomic E-state index is 13.0. The smallest absolute Gasteiger partial charge is 0.387 e. The first-order valence-electron chi connectivity index (χ1n) is 10.7. The van der Waals surface area contributed by atoms with Gasteiger partial charge in [-0.05, 0) is 48.7 Å². The molecule has 2 aromatic carbocycles. The fourth-order valence-corrected chi connectivity index (χ4v) is 4.07. The number of aryl methyl sites for hydroxylation is 1. The molecule has 0 N–H and O–H groups in total. The molecule has 8 heteroatoms. The van der Waals surface area contributed by atoms with Crippen LogP contribution >= 0.6 is 0 Å². The van der Waals surface area contributed by atoms with Crippen LogP contribution in [0.3, 0.4) is 0 Å². The maximum absolute atomic E-state index is 13.0. The Labute approximate surface area is 184 Å². The Hall–Kier alpha value is -3.29. The molecule has 1 aromatic heterocycles. The van der Waals surface area contributed by atoms with Crippen molar-refractivity contribution in [2.24, 2.45) is 0 Å². The minimum Gasteiger partial charge on any atom is -0.435 e. The van der Waals surface area contributed by atoms with Crippen LogP contribution in [0.1, 0.15) is 47.4 Å². The molecular weight excluding hydrogens is 416 g/mol. The highest BCUT2D eigenvalue weighted by molar-refractivity contribution is 5.97. The van der Waals surface area contributed by atoms with Gasteiger partial charge in [-0.25, -0.2) is 4.98 Å². The summed E-state index contributed by atoms with van der Waals surface area (Å²) in [6.45, 7) is -1.90. The molecule has 0 unspecified atom stereocenters. The molecule has 2 heterocycles. The summed E-state index contributed by atoms with van der Waals surface area (Å²) in [6, 6.07) is 11.2. The second-order valence-corrected chi connectivity index (χ2v) is 8.06. The number of fused-ring (bicyclic) bond motifs is 2. The van der Waals surface area contributed by atoms with Gasteiger partial charge in [-0.3, -0.25) is 14.2 Å². The van der Waals surface area contributed by atoms with Crippen molar-refractivity contribution in [1.82, 2.24) is 14.5 Å². The molecule has 168 valence electrons. The van der Waals surface area contributed by atoms with Gasteiger partial charge >= 0.3 is 6.61 Å². The molecule has 0 aliphatic carbocycles. The van der Waals surface area contributed by atoms with Crippen LogP contribution in [0.25, 0.3) is 10.9 Å². The zero-order chi connectivity index (χ0) is 22.7. The van der Waals surface area contributed by atoms with Crippen LogP contribution in [0, 0.1) is 0 Å². The molecule has 0 radical (unpaired) electrons. The van der Waals surface area contributed by atoms with E-state index in [1.54, 1.807) is 41.9 Å². The van der Waals surface area contributed by atoms with Crippen molar-refractivity contribution < 1.29 is 18.3 Å². The molecule has 0 fully saturated rings. The lowest BCUT2D eigenvalue weighted by Gasteiger charge is -2.19. The molecule has 6 nitrogen and oxygen atoms in total. The van der Waals surface area contributed by atoms with Gasteiger partial charge in [0.15, 0.2) is 0 Å². The Morgan fingerprint density at radius 1 is 1.12 bits per heavy atom. The fraction of sp³-hybridized carbons (Fsp3) is 0.375. The summed E-state index contributed by atoms with van der Waals surface area (Å²) in [5.74, 6) is 0.638. The van der Waals surface area contributed by atoms with Crippen molar-refractivity contribution in [2.75, 3.05) is 7.05 Å². The van der Waals surface area contributed by atoms with Crippen LogP contribution in [0.4, 0.5) is 8.78 Å². The Balaban J connectivity index is 1.55. The molecule has 3 aromatic rings. The van der Waals surface area contributed by atoms with E-state index in [-0.39, 0.29) is 17.2 Å². The fourth-order valence-electron chi connectivity index (χ4n) is 4.07. The van der Waals surface area contributed by atoms with E-state index in [2.05, 4.69) is 4.74 Å². The molecule has 0 saturated heterocycles. The van der Waals surface area contributed by atoms with E-state index in [4.69, 9.17) is 4.98 Å². The Kier molecular flexibility index (Phi) is 6.48. The number of carbonyl (C=O) groups excluding carboxylic acids is 1. The zero-order valence-electron chi connectivity index (χ0n) is 17.9. The molecular formula is C24H25F2N3O3. The highest BCUT2D eigenvalue weighted by atomic mass is 19.3. The number of rotatable bonds is 5. The first kappa shape index (κ1) is 21.9. The lowest BCUT2D eigenvalue weighted by molar-refractivity contribution is -0.0498. The summed E-state index contributed by atoms with van der Waals surface area (Å²) in [6.07, 6.45) is 4.98. The first-order valence-corrected chi connectivity index (χ1v) is 10.7. The number of amides is 1. The molecule has 1 amide bonds. The number of alkyl halides is 2. The van der Waals surface area contributed by atoms with E-state index in [1.165, 1.54) is 17.0 Å². The van der Waals surface area contributed by atoms with Crippen molar-refractivity contribution in [3.8, 4) is 5.75 Å². The van der Waals surface area contributed by atoms with Crippen LogP contribution < -0.4 is 10.3 Å². The second-order valence-electron chi connectivity index (χ2n) is 8.06. The van der Waals surface area contributed by atoms with Gasteiger partial charge in [-0.2, -0.15) is 8.78 Å². The van der Waals surface area contributed by atoms with Crippen LogP contribution in [0.15, 0.2) is 47.3 Å². The van der Waals surface area contributed by atoms with Crippen LogP contribution in [-0.4, -0.2) is 34.0 Å². The standard InChI is InChI=1S/C24H25F2N3O3/c1-28(15-16-7-10-18(11-8-16)32-24(25)26)22(30)17-9-12-19-20(14-17)27-21-6-4-2-3-5-13-29(21)23(19)31/h7-12,14,24H,2-6,13,15H2,1H3. The van der Waals surface area contributed by atoms with Crippen molar-refractivity contribution >= 4 is 16.8 Å². The average Bonchev–Trinajstić information content (AvgIpc) is 2.75. The normalized spacial score (nSPS) is 14.0. The number of carbonyl (C=O) groups is 1. The van der Waals surface area contributed by atoms with Gasteiger partial charge < -0.3 is 9.64 Å². The largest absolute Gasteiger partial charge is 0.435 e. The van der Waals surface area contributed by atoms with Crippen molar-refractivity contribution in [3.63, 3.8) is 0 Å². The minimum atomic E-state index is -2.88. The van der Waals surface area contributed by atoms with Crippen LogP contribution in [0.2, 0.25) is 0 Å². The second kappa shape index (κ2) is 9.46. The Morgan fingerprint density at radius 2 is 1.88 bits per heavy atom. The zero-order valence-corrected chi connectivity index (χ0v) is 17.9. The van der Waals surface area contributed by atoms with E-state index >= 15 is 0 Å². The predicted octanol–water partition coefficient (Wildman–Crippen LogP) is 4.39. The first-order chi connectivity index (χ1) is 15.4. The van der Waals surface area contributed by atoms with Gasteiger partial charge in [0.2, 0.25) is 0 Å². The summed E-state index contributed by atoms with van der Waals surface area (Å²) in [5.41, 5.74) is 1.71. The van der Waals surface area contributed by atoms with Gasteiger partial charge in [0, 0.05) is 32.1 Å². The molecule has 1 aliphatic heterocycles. The van der Waals surface area contributed by atoms with Gasteiger partial charge in [-0.1, -0.05) is 25.0 Å². The SMILES string of the molecule is CN(Cc1ccc(OC(F)F)cc1)C(=O)c1ccc2c(=O)n3c(nc2c1)CCCCCC3. The van der Waals surface area contributed by atoms with E-state index in [1.807, 2.05) is 0 Å². The van der Waals surface area contributed by atoms with Gasteiger partial charge in [-0.15, -0.1) is 0 Å². The summed E-state index contributed by atoms with van der Waals surface area (Å²) in [5, 5.41) is 0.517. The van der Waals surface area contributed by atoms with E-state index in [0.717, 1.165) is 43.5 Å². The van der Waals surface area contributed by atoms with Crippen LogP contribution in [0.5, 0.6) is 5.75 Å². The van der Waals surface area contributed by atoms with E-state index in [0.29, 0.717) is 29.6 Å². The number of ether oxygens (including phenoxy) is 1. The maximum Gasteiger partial charge on any atom is 0.387 e. The Morgan fingerprint density at radius 3 is 2.62 bits per heavy atom. The summed E-state index contributed by atoms with van der Waals surface area (Å²) < 4.78 is 30.7. The topological polar surface area (TPSA) is 64.4 Å². The molecule has 0 spiro atoms. The number of hydrogen-bond donors (Lipinski definition) is 0. The average molecular weight is 441 g/mol. The summed E-state index contributed by atoms with van der Waals surface area (Å²) in [4.78, 5) is 32.2. The lowest BCUT2D eigenvalue weighted by Crippen LogP contribution is -2.28. The molecule has 0 saturated carbocycles. The number of nitrogens with zero attached hydrogens (tertiary/aromatic N) is 3. The van der Waals surface area contributed by atoms with Gasteiger partial charge in [0.05, 0.1) is 10.9 Å². The quantitative estimate of drug-likeness (QED) is 0.589. The van der Waals surface area contributed by atoms with Crippen molar-refractivity contribution in [3.05, 3.63) is 69.8 Å². The molecule has 4 rings (SSSR count). The number of aromatic nitrogens is 2. The van der Waals surface area contributed by atoms with Gasteiger partial charge in [0.1, 0.15) is 11.6 Å². The lowest BCUT2D eigenvalue weighted by atomic mass is 10.1. The van der Waals surface area contributed by atoms with Crippen molar-refractivity contribution in [1.29, 1.82) is 0 Å². The van der Waals surface area contributed by atoms with E-state index < -0.39 is 6.61 Å². The monoisotopic (exact) mass is 441 g/mol. The highest BCUT2D eigenvalue weighted by Crippen LogP contribution is 2.19. The highest BCUT2D eigenvalue weighted by Gasteiger charge is 2.17. The summed E-state index contributed by atoms with van der Waals surface area (Å²) >= 11 is 0. The third-order valence-electron chi connectivity index (χ3n) is 5.73. The van der Waals surface area contributed by atoms with Gasteiger partial charge in [0.25, 0.3) is 11.5 Å². The third-order valence-corrected chi connectivity index (χ3v) is 5.73. The third kappa shape index (κ3) is 4.79. The number of hydrogen-bond acceptors (Lipinski definition) is 4. The van der Waals surface area contributed by atoms with Crippen LogP contribution in [-0.2, 0) is 19.5 Å².